The zero-order valence-corrected chi connectivity index (χ0v) is 32.0. The minimum absolute atomic E-state index is 0.592. The molecule has 4 nitrogen and oxygen atoms in total. The lowest BCUT2D eigenvalue weighted by atomic mass is 9.99. The molecule has 0 saturated heterocycles. The average molecular weight is 757 g/mol. The van der Waals surface area contributed by atoms with Crippen LogP contribution in [0.25, 0.3) is 89.0 Å². The first-order valence-corrected chi connectivity index (χ1v) is 19.9. The molecule has 59 heavy (non-hydrogen) atoms. The van der Waals surface area contributed by atoms with E-state index in [-0.39, 0.29) is 0 Å². The van der Waals surface area contributed by atoms with E-state index >= 15 is 0 Å². The number of para-hydroxylation sites is 1. The van der Waals surface area contributed by atoms with Crippen molar-refractivity contribution < 1.29 is 8.83 Å². The Kier molecular flexibility index (Phi) is 8.45. The van der Waals surface area contributed by atoms with Crippen LogP contribution in [0.2, 0.25) is 0 Å². The highest BCUT2D eigenvalue weighted by Crippen LogP contribution is 2.44. The summed E-state index contributed by atoms with van der Waals surface area (Å²) < 4.78 is 13.1. The van der Waals surface area contributed by atoms with Gasteiger partial charge in [0.2, 0.25) is 5.89 Å². The summed E-state index contributed by atoms with van der Waals surface area (Å²) in [5, 5.41) is 2.00. The van der Waals surface area contributed by atoms with Crippen LogP contribution >= 0.6 is 0 Å². The fraction of sp³-hybridized carbons (Fsp3) is 0. The topological polar surface area (TPSA) is 42.4 Å². The summed E-state index contributed by atoms with van der Waals surface area (Å²) in [7, 11) is 0. The lowest BCUT2D eigenvalue weighted by molar-refractivity contribution is 0.617. The molecular formula is C55H36N2O2. The SMILES string of the molecule is c1ccc(-c2ccc(-c3ccc(N(c4cccc(-c5ccc(-c6ccccc6)cc5)c4)c4cccc5c4oc4cc6oc(-c7ccccc7)nc6cc45)cc3)cc2)cc1. The lowest BCUT2D eigenvalue weighted by Gasteiger charge is -2.26. The van der Waals surface area contributed by atoms with Gasteiger partial charge in [-0.05, 0) is 93.0 Å². The number of aromatic nitrogens is 1. The monoisotopic (exact) mass is 756 g/mol. The van der Waals surface area contributed by atoms with E-state index in [1.54, 1.807) is 0 Å². The minimum Gasteiger partial charge on any atom is -0.454 e. The Morgan fingerprint density at radius 1 is 0.322 bits per heavy atom. The van der Waals surface area contributed by atoms with Crippen molar-refractivity contribution in [1.82, 2.24) is 4.98 Å². The van der Waals surface area contributed by atoms with E-state index in [2.05, 4.69) is 181 Å². The van der Waals surface area contributed by atoms with Gasteiger partial charge in [-0.3, -0.25) is 0 Å². The van der Waals surface area contributed by atoms with Gasteiger partial charge in [-0.15, -0.1) is 0 Å². The van der Waals surface area contributed by atoms with E-state index in [9.17, 15) is 0 Å². The Morgan fingerprint density at radius 2 is 0.814 bits per heavy atom. The van der Waals surface area contributed by atoms with Crippen LogP contribution in [-0.2, 0) is 0 Å². The highest BCUT2D eigenvalue weighted by atomic mass is 16.4. The van der Waals surface area contributed by atoms with E-state index in [1.165, 1.54) is 22.3 Å². The smallest absolute Gasteiger partial charge is 0.227 e. The number of fused-ring (bicyclic) bond motifs is 4. The molecule has 0 unspecified atom stereocenters. The van der Waals surface area contributed by atoms with Crippen LogP contribution in [-0.4, -0.2) is 4.98 Å². The summed E-state index contributed by atoms with van der Waals surface area (Å²) in [4.78, 5) is 7.16. The zero-order chi connectivity index (χ0) is 39.1. The number of benzene rings is 9. The number of rotatable bonds is 8. The molecule has 0 saturated carbocycles. The molecule has 278 valence electrons. The summed E-state index contributed by atoms with van der Waals surface area (Å²) >= 11 is 0. The minimum atomic E-state index is 0.592. The Bertz CT molecular complexity index is 3220. The molecule has 4 heteroatoms. The Labute approximate surface area is 341 Å². The van der Waals surface area contributed by atoms with Crippen molar-refractivity contribution in [3.63, 3.8) is 0 Å². The summed E-state index contributed by atoms with van der Waals surface area (Å²) in [5.41, 5.74) is 16.3. The average Bonchev–Trinajstić information content (AvgIpc) is 3.91. The van der Waals surface area contributed by atoms with Gasteiger partial charge in [0.05, 0.1) is 5.69 Å². The molecule has 0 aliphatic rings. The number of anilines is 3. The third kappa shape index (κ3) is 6.43. The molecule has 0 N–H and O–H groups in total. The molecule has 0 spiro atoms. The summed E-state index contributed by atoms with van der Waals surface area (Å²) in [6.07, 6.45) is 0. The number of nitrogens with zero attached hydrogens (tertiary/aromatic N) is 2. The van der Waals surface area contributed by atoms with Crippen molar-refractivity contribution in [2.45, 2.75) is 0 Å². The molecule has 11 aromatic rings. The van der Waals surface area contributed by atoms with Gasteiger partial charge in [-0.2, -0.15) is 0 Å². The first-order valence-electron chi connectivity index (χ1n) is 19.9. The van der Waals surface area contributed by atoms with Crippen molar-refractivity contribution in [3.05, 3.63) is 218 Å². The van der Waals surface area contributed by atoms with Gasteiger partial charge in [0.15, 0.2) is 11.2 Å². The molecule has 0 amide bonds. The maximum absolute atomic E-state index is 6.81. The molecular weight excluding hydrogens is 721 g/mol. The molecule has 0 radical (unpaired) electrons. The van der Waals surface area contributed by atoms with Gasteiger partial charge in [0.25, 0.3) is 0 Å². The summed E-state index contributed by atoms with van der Waals surface area (Å²) in [6.45, 7) is 0. The van der Waals surface area contributed by atoms with Crippen LogP contribution in [0.3, 0.4) is 0 Å². The van der Waals surface area contributed by atoms with Crippen molar-refractivity contribution in [3.8, 4) is 56.0 Å². The number of hydrogen-bond acceptors (Lipinski definition) is 4. The Balaban J connectivity index is 1.01. The maximum atomic E-state index is 6.81. The third-order valence-electron chi connectivity index (χ3n) is 11.1. The van der Waals surface area contributed by atoms with Gasteiger partial charge in [0, 0.05) is 33.8 Å². The zero-order valence-electron chi connectivity index (χ0n) is 32.0. The summed E-state index contributed by atoms with van der Waals surface area (Å²) in [5.74, 6) is 0.592. The van der Waals surface area contributed by atoms with Crippen molar-refractivity contribution in [2.75, 3.05) is 4.90 Å². The van der Waals surface area contributed by atoms with Gasteiger partial charge < -0.3 is 13.7 Å². The van der Waals surface area contributed by atoms with Gasteiger partial charge >= 0.3 is 0 Å². The molecule has 0 fully saturated rings. The molecule has 9 aromatic carbocycles. The number of oxazole rings is 1. The Hall–Kier alpha value is -7.95. The standard InChI is InChI=1S/C55H36N2O2/c1-4-12-37(13-5-1)39-22-24-41(25-23-39)42-30-32-46(33-31-42)57(47-19-10-18-45(34-47)43-28-26-40(27-29-43)38-14-6-2-7-15-38)51-21-11-20-48-49-35-50-53(36-52(49)58-54(48)51)59-55(56-50)44-16-8-3-9-17-44/h1-36H. The van der Waals surface area contributed by atoms with E-state index in [0.29, 0.717) is 11.5 Å². The van der Waals surface area contributed by atoms with Gasteiger partial charge in [0.1, 0.15) is 11.1 Å². The maximum Gasteiger partial charge on any atom is 0.227 e. The number of hydrogen-bond donors (Lipinski definition) is 0. The van der Waals surface area contributed by atoms with Crippen LogP contribution < -0.4 is 4.90 Å². The first-order chi connectivity index (χ1) is 29.2. The van der Waals surface area contributed by atoms with Crippen molar-refractivity contribution in [1.29, 1.82) is 0 Å². The third-order valence-corrected chi connectivity index (χ3v) is 11.1. The fourth-order valence-electron chi connectivity index (χ4n) is 8.11. The normalized spacial score (nSPS) is 11.4. The molecule has 0 bridgehead atoms. The number of furan rings is 1. The molecule has 11 rings (SSSR count). The van der Waals surface area contributed by atoms with E-state index < -0.39 is 0 Å². The van der Waals surface area contributed by atoms with Crippen LogP contribution in [0.5, 0.6) is 0 Å². The second-order valence-electron chi connectivity index (χ2n) is 14.8. The van der Waals surface area contributed by atoms with Crippen LogP contribution in [0.4, 0.5) is 17.1 Å². The van der Waals surface area contributed by atoms with Crippen LogP contribution in [0.15, 0.2) is 227 Å². The quantitative estimate of drug-likeness (QED) is 0.155. The first kappa shape index (κ1) is 34.3. The van der Waals surface area contributed by atoms with Crippen LogP contribution in [0.1, 0.15) is 0 Å². The van der Waals surface area contributed by atoms with Crippen molar-refractivity contribution >= 4 is 50.1 Å². The molecule has 2 heterocycles. The van der Waals surface area contributed by atoms with E-state index in [0.717, 1.165) is 72.3 Å². The molecule has 0 atom stereocenters. The van der Waals surface area contributed by atoms with E-state index in [1.807, 2.05) is 42.5 Å². The fourth-order valence-corrected chi connectivity index (χ4v) is 8.11. The van der Waals surface area contributed by atoms with Gasteiger partial charge in [-0.25, -0.2) is 4.98 Å². The molecule has 0 aliphatic carbocycles. The molecule has 2 aromatic heterocycles. The second kappa shape index (κ2) is 14.5. The Morgan fingerprint density at radius 3 is 1.41 bits per heavy atom. The predicted octanol–water partition coefficient (Wildman–Crippen LogP) is 15.5. The second-order valence-corrected chi connectivity index (χ2v) is 14.8. The molecule has 0 aliphatic heterocycles. The van der Waals surface area contributed by atoms with Crippen LogP contribution in [0, 0.1) is 0 Å². The highest BCUT2D eigenvalue weighted by Gasteiger charge is 2.21. The summed E-state index contributed by atoms with van der Waals surface area (Å²) in [6, 6.07) is 76.5. The van der Waals surface area contributed by atoms with Gasteiger partial charge in [-0.1, -0.05) is 164 Å². The largest absolute Gasteiger partial charge is 0.454 e. The lowest BCUT2D eigenvalue weighted by Crippen LogP contribution is -2.10. The van der Waals surface area contributed by atoms with E-state index in [4.69, 9.17) is 13.8 Å². The van der Waals surface area contributed by atoms with Crippen molar-refractivity contribution in [2.24, 2.45) is 0 Å². The highest BCUT2D eigenvalue weighted by molar-refractivity contribution is 6.13. The predicted molar refractivity (Wildman–Crippen MR) is 243 cm³/mol.